The van der Waals surface area contributed by atoms with Crippen LogP contribution in [0.5, 0.6) is 5.75 Å². The first-order valence-electron chi connectivity index (χ1n) is 12.7. The Kier molecular flexibility index (Phi) is 9.03. The second-order valence-corrected chi connectivity index (χ2v) is 9.91. The Hall–Kier alpha value is -2.59. The molecule has 0 radical (unpaired) electrons. The molecule has 2 fully saturated rings. The van der Waals surface area contributed by atoms with Gasteiger partial charge in [-0.25, -0.2) is 13.2 Å². The fourth-order valence-electron chi connectivity index (χ4n) is 5.25. The molecule has 0 unspecified atom stereocenters. The second-order valence-electron chi connectivity index (χ2n) is 9.91. The van der Waals surface area contributed by atoms with Crippen LogP contribution in [0.4, 0.5) is 30.7 Å². The van der Waals surface area contributed by atoms with Gasteiger partial charge < -0.3 is 14.2 Å². The Morgan fingerprint density at radius 2 is 1.58 bits per heavy atom. The van der Waals surface area contributed by atoms with Gasteiger partial charge in [0.25, 0.3) is 6.08 Å². The Labute approximate surface area is 216 Å². The van der Waals surface area contributed by atoms with Crippen molar-refractivity contribution in [1.29, 1.82) is 0 Å². The molecule has 10 heteroatoms. The van der Waals surface area contributed by atoms with E-state index >= 15 is 4.39 Å². The van der Waals surface area contributed by atoms with E-state index < -0.39 is 41.5 Å². The summed E-state index contributed by atoms with van der Waals surface area (Å²) in [6, 6.07) is 5.59. The van der Waals surface area contributed by atoms with Crippen LogP contribution in [0.25, 0.3) is 11.1 Å². The minimum Gasteiger partial charge on any atom is -0.423 e. The number of hydrogen-bond acceptors (Lipinski definition) is 3. The lowest BCUT2D eigenvalue weighted by molar-refractivity contribution is -0.229. The third kappa shape index (κ3) is 6.88. The van der Waals surface area contributed by atoms with Crippen LogP contribution < -0.4 is 4.74 Å². The first-order chi connectivity index (χ1) is 18.1. The monoisotopic (exact) mass is 546 g/mol. The molecule has 208 valence electrons. The van der Waals surface area contributed by atoms with Gasteiger partial charge in [0.1, 0.15) is 5.82 Å². The number of benzene rings is 2. The smallest absolute Gasteiger partial charge is 0.423 e. The molecule has 1 aliphatic carbocycles. The van der Waals surface area contributed by atoms with E-state index in [1.165, 1.54) is 12.1 Å². The van der Waals surface area contributed by atoms with Gasteiger partial charge in [0, 0.05) is 17.4 Å². The minimum absolute atomic E-state index is 0.0988. The van der Waals surface area contributed by atoms with Crippen LogP contribution in [0.2, 0.25) is 0 Å². The summed E-state index contributed by atoms with van der Waals surface area (Å²) in [4.78, 5) is 0. The quantitative estimate of drug-likeness (QED) is 0.311. The molecule has 0 spiro atoms. The Morgan fingerprint density at radius 3 is 2.13 bits per heavy atom. The van der Waals surface area contributed by atoms with Gasteiger partial charge in [-0.05, 0) is 67.3 Å². The maximum absolute atomic E-state index is 15.0. The summed E-state index contributed by atoms with van der Waals surface area (Å²) in [6.07, 6.45) is -3.00. The molecule has 2 aliphatic rings. The fourth-order valence-corrected chi connectivity index (χ4v) is 5.25. The van der Waals surface area contributed by atoms with E-state index in [1.54, 1.807) is 6.07 Å². The summed E-state index contributed by atoms with van der Waals surface area (Å²) in [5, 5.41) is 0. The SMILES string of the molecule is CCCC1COC(C2CCC(c3ccc(-c4cc(F)c(OC(F)(F)C=C(F)F)c(F)c4)c(F)c3)CC2)OC1. The molecular formula is C28H29F7O3. The molecule has 0 amide bonds. The Morgan fingerprint density at radius 1 is 0.947 bits per heavy atom. The van der Waals surface area contributed by atoms with Crippen molar-refractivity contribution >= 4 is 0 Å². The summed E-state index contributed by atoms with van der Waals surface area (Å²) in [7, 11) is 0. The molecule has 0 aromatic heterocycles. The zero-order valence-electron chi connectivity index (χ0n) is 20.8. The van der Waals surface area contributed by atoms with E-state index in [9.17, 15) is 26.3 Å². The van der Waals surface area contributed by atoms with Gasteiger partial charge >= 0.3 is 6.11 Å². The van der Waals surface area contributed by atoms with Crippen molar-refractivity contribution in [3.8, 4) is 16.9 Å². The van der Waals surface area contributed by atoms with E-state index in [4.69, 9.17) is 9.47 Å². The molecule has 2 aromatic carbocycles. The maximum atomic E-state index is 15.0. The first kappa shape index (κ1) is 28.4. The summed E-state index contributed by atoms with van der Waals surface area (Å²) in [5.41, 5.74) is 0.362. The molecule has 0 bridgehead atoms. The molecule has 3 nitrogen and oxygen atoms in total. The number of ether oxygens (including phenoxy) is 3. The standard InChI is InChI=1S/C28H29F7O3/c1-2-3-16-14-36-27(37-15-16)18-6-4-17(5-7-18)19-8-9-21(22(29)10-19)20-11-23(30)26(24(31)12-20)38-28(34,35)13-25(32)33/h8-13,16-18,27H,2-7,14-15H2,1H3. The van der Waals surface area contributed by atoms with Crippen LogP contribution in [0, 0.1) is 29.3 Å². The molecule has 1 aliphatic heterocycles. The topological polar surface area (TPSA) is 27.7 Å². The largest absolute Gasteiger partial charge is 0.425 e. The van der Waals surface area contributed by atoms with Crippen LogP contribution in [-0.4, -0.2) is 25.6 Å². The van der Waals surface area contributed by atoms with Gasteiger partial charge in [0.15, 0.2) is 23.7 Å². The van der Waals surface area contributed by atoms with E-state index in [1.807, 2.05) is 0 Å². The van der Waals surface area contributed by atoms with Gasteiger partial charge in [-0.2, -0.15) is 17.6 Å². The highest BCUT2D eigenvalue weighted by Gasteiger charge is 2.34. The Balaban J connectivity index is 1.41. The van der Waals surface area contributed by atoms with Crippen molar-refractivity contribution < 1.29 is 44.9 Å². The van der Waals surface area contributed by atoms with Gasteiger partial charge in [0.05, 0.1) is 19.3 Å². The maximum Gasteiger partial charge on any atom is 0.425 e. The van der Waals surface area contributed by atoms with Crippen LogP contribution in [0.1, 0.15) is 56.9 Å². The van der Waals surface area contributed by atoms with Crippen molar-refractivity contribution in [2.45, 2.75) is 63.8 Å². The van der Waals surface area contributed by atoms with E-state index in [0.717, 1.165) is 44.1 Å². The molecule has 0 atom stereocenters. The van der Waals surface area contributed by atoms with Crippen molar-refractivity contribution in [1.82, 2.24) is 0 Å². The summed E-state index contributed by atoms with van der Waals surface area (Å²) in [6.45, 7) is 3.54. The Bertz CT molecular complexity index is 1110. The number of alkyl halides is 2. The average Bonchev–Trinajstić information content (AvgIpc) is 2.86. The van der Waals surface area contributed by atoms with Crippen LogP contribution in [0.15, 0.2) is 42.5 Å². The van der Waals surface area contributed by atoms with Crippen molar-refractivity contribution in [3.05, 3.63) is 65.5 Å². The van der Waals surface area contributed by atoms with Crippen LogP contribution >= 0.6 is 0 Å². The normalized spacial score (nSPS) is 24.2. The molecule has 0 N–H and O–H groups in total. The molecule has 1 saturated carbocycles. The van der Waals surface area contributed by atoms with Gasteiger partial charge in [0.2, 0.25) is 0 Å². The van der Waals surface area contributed by atoms with Crippen LogP contribution in [-0.2, 0) is 9.47 Å². The third-order valence-electron chi connectivity index (χ3n) is 7.14. The van der Waals surface area contributed by atoms with Crippen molar-refractivity contribution in [3.63, 3.8) is 0 Å². The van der Waals surface area contributed by atoms with Gasteiger partial charge in [-0.15, -0.1) is 0 Å². The predicted octanol–water partition coefficient (Wildman–Crippen LogP) is 8.59. The number of hydrogen-bond donors (Lipinski definition) is 0. The fraction of sp³-hybridized carbons (Fsp3) is 0.500. The predicted molar refractivity (Wildman–Crippen MR) is 126 cm³/mol. The zero-order chi connectivity index (χ0) is 27.4. The summed E-state index contributed by atoms with van der Waals surface area (Å²) >= 11 is 0. The lowest BCUT2D eigenvalue weighted by Gasteiger charge is -2.37. The lowest BCUT2D eigenvalue weighted by Crippen LogP contribution is -2.38. The average molecular weight is 547 g/mol. The van der Waals surface area contributed by atoms with E-state index in [2.05, 4.69) is 11.7 Å². The summed E-state index contributed by atoms with van der Waals surface area (Å²) < 4.78 is 111. The number of halogens is 7. The van der Waals surface area contributed by atoms with Gasteiger partial charge in [-0.1, -0.05) is 25.5 Å². The van der Waals surface area contributed by atoms with E-state index in [-0.39, 0.29) is 29.3 Å². The van der Waals surface area contributed by atoms with E-state index in [0.29, 0.717) is 31.3 Å². The molecular weight excluding hydrogens is 517 g/mol. The zero-order valence-corrected chi connectivity index (χ0v) is 20.8. The number of rotatable bonds is 8. The summed E-state index contributed by atoms with van der Waals surface area (Å²) in [5.74, 6) is -4.63. The molecule has 38 heavy (non-hydrogen) atoms. The lowest BCUT2D eigenvalue weighted by atomic mass is 9.78. The van der Waals surface area contributed by atoms with Gasteiger partial charge in [-0.3, -0.25) is 0 Å². The minimum atomic E-state index is -4.64. The highest BCUT2D eigenvalue weighted by Crippen LogP contribution is 2.40. The molecule has 4 rings (SSSR count). The van der Waals surface area contributed by atoms with Crippen molar-refractivity contribution in [2.75, 3.05) is 13.2 Å². The van der Waals surface area contributed by atoms with Crippen LogP contribution in [0.3, 0.4) is 0 Å². The highest BCUT2D eigenvalue weighted by molar-refractivity contribution is 5.66. The molecule has 1 saturated heterocycles. The first-order valence-corrected chi connectivity index (χ1v) is 12.7. The second kappa shape index (κ2) is 12.1. The third-order valence-corrected chi connectivity index (χ3v) is 7.14. The van der Waals surface area contributed by atoms with Crippen molar-refractivity contribution in [2.24, 2.45) is 11.8 Å². The molecule has 2 aromatic rings. The molecule has 1 heterocycles. The highest BCUT2D eigenvalue weighted by atomic mass is 19.3.